The molecule has 0 saturated carbocycles. The van der Waals surface area contributed by atoms with Crippen molar-refractivity contribution in [2.75, 3.05) is 4.90 Å². The van der Waals surface area contributed by atoms with Crippen LogP contribution in [-0.2, 0) is 6.42 Å². The molecule has 1 aliphatic heterocycles. The number of rotatable bonds is 2. The lowest BCUT2D eigenvalue weighted by Crippen LogP contribution is -2.42. The number of phenolic OH excluding ortho intramolecular Hbond substituents is 2. The molecule has 0 spiro atoms. The van der Waals surface area contributed by atoms with E-state index in [1.165, 1.54) is 12.1 Å². The van der Waals surface area contributed by atoms with Crippen molar-refractivity contribution < 1.29 is 15.0 Å². The Balaban J connectivity index is 1.77. The molecule has 0 saturated heterocycles. The Kier molecular flexibility index (Phi) is 5.30. The average molecular weight is 444 g/mol. The molecule has 1 amide bonds. The van der Waals surface area contributed by atoms with Gasteiger partial charge in [-0.2, -0.15) is 0 Å². The number of fused-ring (bicyclic) bond motifs is 1. The van der Waals surface area contributed by atoms with Crippen LogP contribution in [-0.4, -0.2) is 32.1 Å². The first kappa shape index (κ1) is 20.4. The van der Waals surface area contributed by atoms with E-state index in [2.05, 4.69) is 9.97 Å². The van der Waals surface area contributed by atoms with Crippen LogP contribution in [0.1, 0.15) is 34.8 Å². The first-order valence-corrected chi connectivity index (χ1v) is 10.2. The number of aromatic nitrogens is 2. The Morgan fingerprint density at radius 3 is 2.63 bits per heavy atom. The van der Waals surface area contributed by atoms with Gasteiger partial charge in [0.25, 0.3) is 5.91 Å². The van der Waals surface area contributed by atoms with Crippen LogP contribution >= 0.6 is 23.2 Å². The quantitative estimate of drug-likeness (QED) is 0.422. The maximum Gasteiger partial charge on any atom is 0.262 e. The van der Waals surface area contributed by atoms with Crippen molar-refractivity contribution in [3.8, 4) is 22.8 Å². The van der Waals surface area contributed by atoms with E-state index in [-0.39, 0.29) is 34.3 Å². The van der Waals surface area contributed by atoms with E-state index in [1.807, 2.05) is 32.0 Å². The summed E-state index contributed by atoms with van der Waals surface area (Å²) in [6, 6.07) is 9.66. The minimum atomic E-state index is -0.321. The molecule has 6 nitrogen and oxygen atoms in total. The number of benzene rings is 2. The first-order valence-electron chi connectivity index (χ1n) is 9.44. The van der Waals surface area contributed by atoms with E-state index in [9.17, 15) is 15.0 Å². The van der Waals surface area contributed by atoms with Crippen molar-refractivity contribution in [1.29, 1.82) is 0 Å². The second-order valence-electron chi connectivity index (χ2n) is 7.36. The number of nitrogens with zero attached hydrogens (tertiary/aromatic N) is 3. The standard InChI is InChI=1S/C22H19Cl2N3O3/c1-11-3-4-13-9-14(19-12(2)20(23)26-22(24)25-19)5-8-17(13)27(11)21(30)16-7-6-15(28)10-18(16)29/h5-11,28-29H,3-4H2,1-2H3. The van der Waals surface area contributed by atoms with Gasteiger partial charge in [0.05, 0.1) is 11.3 Å². The number of anilines is 1. The number of halogens is 2. The normalized spacial score (nSPS) is 15.7. The smallest absolute Gasteiger partial charge is 0.262 e. The van der Waals surface area contributed by atoms with Crippen molar-refractivity contribution in [3.63, 3.8) is 0 Å². The van der Waals surface area contributed by atoms with Crippen molar-refractivity contribution in [2.24, 2.45) is 0 Å². The topological polar surface area (TPSA) is 86.6 Å². The summed E-state index contributed by atoms with van der Waals surface area (Å²) in [5.74, 6) is -0.673. The SMILES string of the molecule is Cc1c(Cl)nc(Cl)nc1-c1ccc2c(c1)CCC(C)N2C(=O)c1ccc(O)cc1O. The summed E-state index contributed by atoms with van der Waals surface area (Å²) < 4.78 is 0. The van der Waals surface area contributed by atoms with Gasteiger partial charge in [-0.1, -0.05) is 17.7 Å². The summed E-state index contributed by atoms with van der Waals surface area (Å²) in [5.41, 5.74) is 4.12. The van der Waals surface area contributed by atoms with Crippen molar-refractivity contribution >= 4 is 34.8 Å². The number of carbonyl (C=O) groups is 1. The number of hydrogen-bond donors (Lipinski definition) is 2. The van der Waals surface area contributed by atoms with E-state index < -0.39 is 0 Å². The van der Waals surface area contributed by atoms with Gasteiger partial charge in [0.15, 0.2) is 0 Å². The molecular weight excluding hydrogens is 425 g/mol. The summed E-state index contributed by atoms with van der Waals surface area (Å²) in [5, 5.41) is 20.1. The highest BCUT2D eigenvalue weighted by atomic mass is 35.5. The zero-order valence-electron chi connectivity index (χ0n) is 16.4. The molecule has 0 fully saturated rings. The Bertz CT molecular complexity index is 1170. The number of aromatic hydroxyl groups is 2. The third-order valence-corrected chi connectivity index (χ3v) is 5.91. The first-order chi connectivity index (χ1) is 14.3. The maximum absolute atomic E-state index is 13.2. The fraction of sp³-hybridized carbons (Fsp3) is 0.227. The largest absolute Gasteiger partial charge is 0.508 e. The van der Waals surface area contributed by atoms with Gasteiger partial charge < -0.3 is 15.1 Å². The monoisotopic (exact) mass is 443 g/mol. The van der Waals surface area contributed by atoms with Crippen LogP contribution in [0.5, 0.6) is 11.5 Å². The zero-order valence-corrected chi connectivity index (χ0v) is 17.9. The predicted molar refractivity (Wildman–Crippen MR) is 117 cm³/mol. The van der Waals surface area contributed by atoms with Gasteiger partial charge in [-0.15, -0.1) is 0 Å². The van der Waals surface area contributed by atoms with E-state index in [0.29, 0.717) is 10.8 Å². The molecule has 2 heterocycles. The lowest BCUT2D eigenvalue weighted by atomic mass is 9.93. The Hall–Kier alpha value is -2.83. The van der Waals surface area contributed by atoms with Gasteiger partial charge >= 0.3 is 0 Å². The number of aryl methyl sites for hydroxylation is 1. The molecule has 0 bridgehead atoms. The van der Waals surface area contributed by atoms with E-state index in [4.69, 9.17) is 23.2 Å². The van der Waals surface area contributed by atoms with Crippen LogP contribution in [0.25, 0.3) is 11.3 Å². The second-order valence-corrected chi connectivity index (χ2v) is 8.06. The molecule has 2 N–H and O–H groups in total. The number of amides is 1. The lowest BCUT2D eigenvalue weighted by molar-refractivity contribution is 0.0972. The van der Waals surface area contributed by atoms with E-state index >= 15 is 0 Å². The Morgan fingerprint density at radius 1 is 1.13 bits per heavy atom. The summed E-state index contributed by atoms with van der Waals surface area (Å²) in [7, 11) is 0. The number of carbonyl (C=O) groups excluding carboxylic acids is 1. The van der Waals surface area contributed by atoms with Crippen LogP contribution in [0, 0.1) is 6.92 Å². The molecule has 1 aliphatic rings. The minimum absolute atomic E-state index is 0.0475. The summed E-state index contributed by atoms with van der Waals surface area (Å²) in [6.45, 7) is 3.80. The molecule has 3 aromatic rings. The van der Waals surface area contributed by atoms with Crippen LogP contribution in [0.2, 0.25) is 10.4 Å². The van der Waals surface area contributed by atoms with Gasteiger partial charge in [-0.3, -0.25) is 4.79 Å². The van der Waals surface area contributed by atoms with Crippen LogP contribution in [0.3, 0.4) is 0 Å². The number of phenols is 2. The second kappa shape index (κ2) is 7.78. The third-order valence-electron chi connectivity index (χ3n) is 5.37. The lowest BCUT2D eigenvalue weighted by Gasteiger charge is -2.35. The van der Waals surface area contributed by atoms with Crippen molar-refractivity contribution in [2.45, 2.75) is 32.7 Å². The highest BCUT2D eigenvalue weighted by Crippen LogP contribution is 2.37. The van der Waals surface area contributed by atoms with Crippen LogP contribution < -0.4 is 4.90 Å². The fourth-order valence-electron chi connectivity index (χ4n) is 3.78. The molecule has 30 heavy (non-hydrogen) atoms. The molecular formula is C22H19Cl2N3O3. The number of hydrogen-bond acceptors (Lipinski definition) is 5. The molecule has 1 atom stereocenters. The van der Waals surface area contributed by atoms with Gasteiger partial charge in [0, 0.05) is 28.9 Å². The molecule has 8 heteroatoms. The molecule has 1 aromatic heterocycles. The zero-order chi connectivity index (χ0) is 21.6. The summed E-state index contributed by atoms with van der Waals surface area (Å²) in [4.78, 5) is 23.2. The van der Waals surface area contributed by atoms with Crippen LogP contribution in [0.15, 0.2) is 36.4 Å². The Labute approximate surface area is 183 Å². The molecule has 0 aliphatic carbocycles. The summed E-state index contributed by atoms with van der Waals surface area (Å²) >= 11 is 12.2. The fourth-order valence-corrected chi connectivity index (χ4v) is 4.17. The van der Waals surface area contributed by atoms with Crippen molar-refractivity contribution in [1.82, 2.24) is 9.97 Å². The molecule has 154 valence electrons. The van der Waals surface area contributed by atoms with Gasteiger partial charge in [0.2, 0.25) is 5.28 Å². The maximum atomic E-state index is 13.2. The predicted octanol–water partition coefficient (Wildman–Crippen LogP) is 5.15. The Morgan fingerprint density at radius 2 is 1.90 bits per heavy atom. The molecule has 4 rings (SSSR count). The highest BCUT2D eigenvalue weighted by Gasteiger charge is 2.30. The third kappa shape index (κ3) is 3.57. The molecule has 1 unspecified atom stereocenters. The molecule has 2 aromatic carbocycles. The molecule has 0 radical (unpaired) electrons. The van der Waals surface area contributed by atoms with E-state index in [1.54, 1.807) is 4.90 Å². The minimum Gasteiger partial charge on any atom is -0.508 e. The highest BCUT2D eigenvalue weighted by molar-refractivity contribution is 6.32. The van der Waals surface area contributed by atoms with Crippen molar-refractivity contribution in [3.05, 3.63) is 63.5 Å². The van der Waals surface area contributed by atoms with Gasteiger partial charge in [-0.05, 0) is 68.1 Å². The average Bonchev–Trinajstić information content (AvgIpc) is 2.70. The van der Waals surface area contributed by atoms with Gasteiger partial charge in [-0.25, -0.2) is 9.97 Å². The summed E-state index contributed by atoms with van der Waals surface area (Å²) in [6.07, 6.45) is 1.56. The van der Waals surface area contributed by atoms with Crippen LogP contribution in [0.4, 0.5) is 5.69 Å². The van der Waals surface area contributed by atoms with Gasteiger partial charge in [0.1, 0.15) is 16.7 Å². The van der Waals surface area contributed by atoms with E-state index in [0.717, 1.165) is 41.3 Å².